The number of hydrogen-bond acceptors (Lipinski definition) is 3. The van der Waals surface area contributed by atoms with E-state index in [0.29, 0.717) is 5.39 Å². The van der Waals surface area contributed by atoms with Gasteiger partial charge in [0.1, 0.15) is 5.03 Å². The van der Waals surface area contributed by atoms with Gasteiger partial charge in [-0.05, 0) is 12.1 Å². The molecule has 0 saturated heterocycles. The summed E-state index contributed by atoms with van der Waals surface area (Å²) in [4.78, 5) is 16.6. The summed E-state index contributed by atoms with van der Waals surface area (Å²) >= 11 is 1.53. The molecule has 0 fully saturated rings. The minimum atomic E-state index is -0.954. The van der Waals surface area contributed by atoms with Crippen molar-refractivity contribution in [2.45, 2.75) is 9.92 Å². The Labute approximate surface area is 120 Å². The molecule has 1 N–H and O–H groups in total. The summed E-state index contributed by atoms with van der Waals surface area (Å²) in [6, 6.07) is 17.4. The maximum atomic E-state index is 11.2. The Kier molecular flexibility index (Phi) is 3.39. The first kappa shape index (κ1) is 12.7. The van der Waals surface area contributed by atoms with Crippen LogP contribution in [0.1, 0.15) is 10.4 Å². The normalized spacial score (nSPS) is 10.6. The lowest BCUT2D eigenvalue weighted by Crippen LogP contribution is -1.99. The molecule has 0 bridgehead atoms. The fourth-order valence-electron chi connectivity index (χ4n) is 2.02. The van der Waals surface area contributed by atoms with Gasteiger partial charge in [0.15, 0.2) is 0 Å². The minimum Gasteiger partial charge on any atom is -0.478 e. The van der Waals surface area contributed by atoms with E-state index in [1.165, 1.54) is 18.0 Å². The Morgan fingerprint density at radius 3 is 2.30 bits per heavy atom. The van der Waals surface area contributed by atoms with Crippen LogP contribution in [-0.4, -0.2) is 16.1 Å². The molecule has 2 aromatic carbocycles. The summed E-state index contributed by atoms with van der Waals surface area (Å²) in [5.41, 5.74) is 0.234. The van der Waals surface area contributed by atoms with Gasteiger partial charge in [-0.25, -0.2) is 9.78 Å². The van der Waals surface area contributed by atoms with Crippen LogP contribution in [0.3, 0.4) is 0 Å². The zero-order chi connectivity index (χ0) is 13.9. The van der Waals surface area contributed by atoms with Gasteiger partial charge in [0.2, 0.25) is 0 Å². The van der Waals surface area contributed by atoms with Crippen molar-refractivity contribution in [2.75, 3.05) is 0 Å². The number of aromatic carboxylic acids is 1. The molecule has 4 heteroatoms. The van der Waals surface area contributed by atoms with Crippen molar-refractivity contribution in [1.82, 2.24) is 4.98 Å². The minimum absolute atomic E-state index is 0.234. The Morgan fingerprint density at radius 1 is 0.950 bits per heavy atom. The smallest absolute Gasteiger partial charge is 0.337 e. The van der Waals surface area contributed by atoms with Crippen LogP contribution in [0.5, 0.6) is 0 Å². The second-order valence-electron chi connectivity index (χ2n) is 4.24. The maximum absolute atomic E-state index is 11.2. The first-order valence-electron chi connectivity index (χ1n) is 6.09. The van der Waals surface area contributed by atoms with Gasteiger partial charge in [0.05, 0.1) is 5.56 Å². The molecule has 0 unspecified atom stereocenters. The molecule has 0 aliphatic heterocycles. The number of hydrogen-bond donors (Lipinski definition) is 1. The van der Waals surface area contributed by atoms with Crippen LogP contribution < -0.4 is 0 Å². The molecule has 0 aliphatic rings. The van der Waals surface area contributed by atoms with Crippen LogP contribution in [0.25, 0.3) is 10.8 Å². The van der Waals surface area contributed by atoms with Gasteiger partial charge in [-0.2, -0.15) is 0 Å². The number of benzene rings is 2. The molecule has 1 heterocycles. The molecular formula is C16H11NO2S. The van der Waals surface area contributed by atoms with Crippen molar-refractivity contribution >= 4 is 28.5 Å². The zero-order valence-electron chi connectivity index (χ0n) is 10.5. The zero-order valence-corrected chi connectivity index (χ0v) is 11.3. The molecule has 20 heavy (non-hydrogen) atoms. The molecule has 3 rings (SSSR count). The van der Waals surface area contributed by atoms with Crippen LogP contribution in [0.2, 0.25) is 0 Å². The number of carboxylic acids is 1. The molecule has 0 radical (unpaired) electrons. The summed E-state index contributed by atoms with van der Waals surface area (Å²) in [6.07, 6.45) is 1.43. The van der Waals surface area contributed by atoms with Gasteiger partial charge >= 0.3 is 5.97 Å². The molecule has 0 aliphatic carbocycles. The SMILES string of the molecule is O=C(O)c1cnc(Sc2ccccc2)c2ccccc12. The van der Waals surface area contributed by atoms with Crippen molar-refractivity contribution < 1.29 is 9.90 Å². The van der Waals surface area contributed by atoms with Gasteiger partial charge in [-0.3, -0.25) is 0 Å². The van der Waals surface area contributed by atoms with Crippen LogP contribution in [0.4, 0.5) is 0 Å². The molecule has 0 spiro atoms. The maximum Gasteiger partial charge on any atom is 0.337 e. The highest BCUT2D eigenvalue weighted by atomic mass is 32.2. The van der Waals surface area contributed by atoms with Gasteiger partial charge in [-0.1, -0.05) is 54.2 Å². The topological polar surface area (TPSA) is 50.2 Å². The molecule has 0 amide bonds. The van der Waals surface area contributed by atoms with Gasteiger partial charge in [0.25, 0.3) is 0 Å². The van der Waals surface area contributed by atoms with Crippen molar-refractivity contribution in [1.29, 1.82) is 0 Å². The van der Waals surface area contributed by atoms with Crippen LogP contribution in [0.15, 0.2) is 70.7 Å². The van der Waals surface area contributed by atoms with E-state index in [1.807, 2.05) is 54.6 Å². The van der Waals surface area contributed by atoms with E-state index in [-0.39, 0.29) is 5.56 Å². The highest BCUT2D eigenvalue weighted by molar-refractivity contribution is 7.99. The molecule has 98 valence electrons. The van der Waals surface area contributed by atoms with Gasteiger partial charge in [0, 0.05) is 21.9 Å². The Hall–Kier alpha value is -2.33. The van der Waals surface area contributed by atoms with Crippen LogP contribution >= 0.6 is 11.8 Å². The number of fused-ring (bicyclic) bond motifs is 1. The predicted molar refractivity (Wildman–Crippen MR) is 79.3 cm³/mol. The van der Waals surface area contributed by atoms with E-state index in [2.05, 4.69) is 4.98 Å². The third-order valence-corrected chi connectivity index (χ3v) is 3.97. The second kappa shape index (κ2) is 5.35. The van der Waals surface area contributed by atoms with Gasteiger partial charge in [-0.15, -0.1) is 0 Å². The van der Waals surface area contributed by atoms with Crippen LogP contribution in [0, 0.1) is 0 Å². The average Bonchev–Trinajstić information content (AvgIpc) is 2.48. The second-order valence-corrected chi connectivity index (χ2v) is 5.31. The molecule has 0 saturated carbocycles. The largest absolute Gasteiger partial charge is 0.478 e. The first-order chi connectivity index (χ1) is 9.75. The number of carboxylic acid groups (broad SMARTS) is 1. The number of pyridine rings is 1. The van der Waals surface area contributed by atoms with E-state index in [1.54, 1.807) is 0 Å². The lowest BCUT2D eigenvalue weighted by atomic mass is 10.1. The van der Waals surface area contributed by atoms with E-state index < -0.39 is 5.97 Å². The first-order valence-corrected chi connectivity index (χ1v) is 6.91. The lowest BCUT2D eigenvalue weighted by molar-refractivity contribution is 0.0698. The molecule has 3 aromatic rings. The Bertz CT molecular complexity index is 772. The standard InChI is InChI=1S/C16H11NO2S/c18-16(19)14-10-17-15(13-9-5-4-8-12(13)14)20-11-6-2-1-3-7-11/h1-10H,(H,18,19). The highest BCUT2D eigenvalue weighted by Crippen LogP contribution is 2.32. The van der Waals surface area contributed by atoms with E-state index >= 15 is 0 Å². The fraction of sp³-hybridized carbons (Fsp3) is 0. The third-order valence-electron chi connectivity index (χ3n) is 2.95. The summed E-state index contributed by atoms with van der Waals surface area (Å²) in [6.45, 7) is 0. The van der Waals surface area contributed by atoms with E-state index in [0.717, 1.165) is 15.3 Å². The Morgan fingerprint density at radius 2 is 1.60 bits per heavy atom. The lowest BCUT2D eigenvalue weighted by Gasteiger charge is -2.07. The number of aromatic nitrogens is 1. The summed E-state index contributed by atoms with van der Waals surface area (Å²) in [5.74, 6) is -0.954. The summed E-state index contributed by atoms with van der Waals surface area (Å²) < 4.78 is 0. The molecule has 1 aromatic heterocycles. The Balaban J connectivity index is 2.13. The molecule has 0 atom stereocenters. The van der Waals surface area contributed by atoms with Crippen LogP contribution in [-0.2, 0) is 0 Å². The third kappa shape index (κ3) is 2.38. The molecule has 3 nitrogen and oxygen atoms in total. The highest BCUT2D eigenvalue weighted by Gasteiger charge is 2.12. The average molecular weight is 281 g/mol. The van der Waals surface area contributed by atoms with Crippen molar-refractivity contribution in [2.24, 2.45) is 0 Å². The van der Waals surface area contributed by atoms with Crippen molar-refractivity contribution in [3.63, 3.8) is 0 Å². The predicted octanol–water partition coefficient (Wildman–Crippen LogP) is 4.08. The summed E-state index contributed by atoms with van der Waals surface area (Å²) in [7, 11) is 0. The monoisotopic (exact) mass is 281 g/mol. The van der Waals surface area contributed by atoms with E-state index in [4.69, 9.17) is 0 Å². The number of carbonyl (C=O) groups is 1. The summed E-state index contributed by atoms with van der Waals surface area (Å²) in [5, 5.41) is 11.6. The molecular weight excluding hydrogens is 270 g/mol. The van der Waals surface area contributed by atoms with Crippen molar-refractivity contribution in [3.05, 3.63) is 66.4 Å². The van der Waals surface area contributed by atoms with E-state index in [9.17, 15) is 9.90 Å². The fourth-order valence-corrected chi connectivity index (χ4v) is 2.93. The number of rotatable bonds is 3. The number of nitrogens with zero attached hydrogens (tertiary/aromatic N) is 1. The van der Waals surface area contributed by atoms with Crippen molar-refractivity contribution in [3.8, 4) is 0 Å². The van der Waals surface area contributed by atoms with Gasteiger partial charge < -0.3 is 5.11 Å². The quantitative estimate of drug-likeness (QED) is 0.785.